The number of carbonyl (C=O) groups is 1. The molecule has 1 aromatic rings. The van der Waals surface area contributed by atoms with Gasteiger partial charge in [-0.25, -0.2) is 4.98 Å². The quantitative estimate of drug-likeness (QED) is 0.733. The average molecular weight is 207 g/mol. The Morgan fingerprint density at radius 1 is 1.53 bits per heavy atom. The van der Waals surface area contributed by atoms with E-state index in [0.717, 1.165) is 18.5 Å². The lowest BCUT2D eigenvalue weighted by Gasteiger charge is -2.13. The number of hydrogen-bond donors (Lipinski definition) is 2. The Kier molecular flexibility index (Phi) is 2.40. The topological polar surface area (TPSA) is 75.1 Å². The summed E-state index contributed by atoms with van der Waals surface area (Å²) in [5.74, 6) is -0.269. The van der Waals surface area contributed by atoms with Gasteiger partial charge in [0.2, 0.25) is 0 Å². The standard InChI is InChI=1S/C10H13N3O2/c1-7-4-12-8(5-11-7)9(15)13-10(6-14)2-3-10/h4-5,14H,2-3,6H2,1H3,(H,13,15). The average Bonchev–Trinajstić information content (AvgIpc) is 2.99. The van der Waals surface area contributed by atoms with E-state index < -0.39 is 5.54 Å². The fraction of sp³-hybridized carbons (Fsp3) is 0.500. The predicted octanol–water partition coefficient (Wildman–Crippen LogP) is 0.0397. The van der Waals surface area contributed by atoms with Gasteiger partial charge in [0.15, 0.2) is 0 Å². The van der Waals surface area contributed by atoms with Crippen LogP contribution < -0.4 is 5.32 Å². The number of aromatic nitrogens is 2. The van der Waals surface area contributed by atoms with E-state index in [1.807, 2.05) is 6.92 Å². The highest BCUT2D eigenvalue weighted by atomic mass is 16.3. The van der Waals surface area contributed by atoms with Crippen LogP contribution >= 0.6 is 0 Å². The zero-order valence-corrected chi connectivity index (χ0v) is 8.53. The molecule has 5 heteroatoms. The van der Waals surface area contributed by atoms with Crippen LogP contribution in [0.3, 0.4) is 0 Å². The van der Waals surface area contributed by atoms with Crippen molar-refractivity contribution < 1.29 is 9.90 Å². The minimum absolute atomic E-state index is 0.0158. The summed E-state index contributed by atoms with van der Waals surface area (Å²) in [6.45, 7) is 1.79. The first kappa shape index (κ1) is 10.0. The van der Waals surface area contributed by atoms with Crippen LogP contribution in [0.2, 0.25) is 0 Å². The van der Waals surface area contributed by atoms with Crippen molar-refractivity contribution in [1.82, 2.24) is 15.3 Å². The van der Waals surface area contributed by atoms with E-state index in [0.29, 0.717) is 5.69 Å². The summed E-state index contributed by atoms with van der Waals surface area (Å²) in [4.78, 5) is 19.6. The van der Waals surface area contributed by atoms with Crippen LogP contribution in [0.25, 0.3) is 0 Å². The molecule has 0 unspecified atom stereocenters. The Bertz CT molecular complexity index is 371. The van der Waals surface area contributed by atoms with E-state index in [-0.39, 0.29) is 12.5 Å². The lowest BCUT2D eigenvalue weighted by molar-refractivity contribution is 0.0901. The molecule has 0 spiro atoms. The summed E-state index contributed by atoms with van der Waals surface area (Å²) in [6, 6.07) is 0. The number of aliphatic hydroxyl groups excluding tert-OH is 1. The highest BCUT2D eigenvalue weighted by Gasteiger charge is 2.43. The maximum absolute atomic E-state index is 11.6. The van der Waals surface area contributed by atoms with Gasteiger partial charge in [0.05, 0.1) is 24.0 Å². The molecule has 0 bridgehead atoms. The van der Waals surface area contributed by atoms with Crippen molar-refractivity contribution in [3.63, 3.8) is 0 Å². The summed E-state index contributed by atoms with van der Waals surface area (Å²) in [5, 5.41) is 11.8. The van der Waals surface area contributed by atoms with Crippen LogP contribution in [0.1, 0.15) is 29.0 Å². The summed E-state index contributed by atoms with van der Waals surface area (Å²) in [7, 11) is 0. The molecule has 0 aromatic carbocycles. The van der Waals surface area contributed by atoms with Gasteiger partial charge in [-0.1, -0.05) is 0 Å². The number of rotatable bonds is 3. The van der Waals surface area contributed by atoms with Gasteiger partial charge in [-0.05, 0) is 19.8 Å². The zero-order valence-electron chi connectivity index (χ0n) is 8.53. The predicted molar refractivity (Wildman–Crippen MR) is 53.3 cm³/mol. The van der Waals surface area contributed by atoms with E-state index in [9.17, 15) is 4.79 Å². The minimum Gasteiger partial charge on any atom is -0.394 e. The first-order valence-corrected chi connectivity index (χ1v) is 4.87. The molecule has 1 fully saturated rings. The number of aliphatic hydroxyl groups is 1. The number of carbonyl (C=O) groups excluding carboxylic acids is 1. The van der Waals surface area contributed by atoms with Gasteiger partial charge in [0.1, 0.15) is 5.69 Å². The van der Waals surface area contributed by atoms with Crippen molar-refractivity contribution in [2.24, 2.45) is 0 Å². The van der Waals surface area contributed by atoms with Crippen LogP contribution in [0.15, 0.2) is 12.4 Å². The third-order valence-corrected chi connectivity index (χ3v) is 2.55. The van der Waals surface area contributed by atoms with Gasteiger partial charge in [0, 0.05) is 6.20 Å². The Hall–Kier alpha value is -1.49. The monoisotopic (exact) mass is 207 g/mol. The van der Waals surface area contributed by atoms with Crippen LogP contribution in [0, 0.1) is 6.92 Å². The smallest absolute Gasteiger partial charge is 0.271 e. The van der Waals surface area contributed by atoms with E-state index in [1.165, 1.54) is 6.20 Å². The molecule has 1 saturated carbocycles. The first-order chi connectivity index (χ1) is 7.15. The maximum Gasteiger partial charge on any atom is 0.271 e. The number of amides is 1. The second-order valence-corrected chi connectivity index (χ2v) is 3.94. The molecule has 1 aliphatic rings. The molecule has 80 valence electrons. The van der Waals surface area contributed by atoms with Crippen LogP contribution in [-0.4, -0.2) is 33.1 Å². The molecule has 15 heavy (non-hydrogen) atoms. The Labute approximate surface area is 87.6 Å². The maximum atomic E-state index is 11.6. The first-order valence-electron chi connectivity index (χ1n) is 4.87. The molecular formula is C10H13N3O2. The van der Waals surface area contributed by atoms with Gasteiger partial charge in [-0.2, -0.15) is 0 Å². The molecule has 1 aliphatic carbocycles. The largest absolute Gasteiger partial charge is 0.394 e. The molecule has 0 radical (unpaired) electrons. The SMILES string of the molecule is Cc1cnc(C(=O)NC2(CO)CC2)cn1. The number of nitrogens with zero attached hydrogens (tertiary/aromatic N) is 2. The highest BCUT2D eigenvalue weighted by Crippen LogP contribution is 2.34. The summed E-state index contributed by atoms with van der Waals surface area (Å²) < 4.78 is 0. The number of aryl methyl sites for hydroxylation is 1. The van der Waals surface area contributed by atoms with Gasteiger partial charge >= 0.3 is 0 Å². The lowest BCUT2D eigenvalue weighted by atomic mass is 10.2. The number of hydrogen-bond acceptors (Lipinski definition) is 4. The van der Waals surface area contributed by atoms with Gasteiger partial charge in [-0.3, -0.25) is 9.78 Å². The molecule has 0 saturated heterocycles. The van der Waals surface area contributed by atoms with Crippen molar-refractivity contribution >= 4 is 5.91 Å². The number of nitrogens with one attached hydrogen (secondary N) is 1. The summed E-state index contributed by atoms with van der Waals surface area (Å²) in [6.07, 6.45) is 4.65. The molecule has 1 amide bonds. The zero-order chi connectivity index (χ0) is 10.9. The van der Waals surface area contributed by atoms with Crippen LogP contribution in [-0.2, 0) is 0 Å². The van der Waals surface area contributed by atoms with Crippen LogP contribution in [0.4, 0.5) is 0 Å². The molecule has 2 N–H and O–H groups in total. The molecule has 5 nitrogen and oxygen atoms in total. The van der Waals surface area contributed by atoms with Crippen molar-refractivity contribution in [2.75, 3.05) is 6.61 Å². The van der Waals surface area contributed by atoms with Gasteiger partial charge < -0.3 is 10.4 Å². The Balaban J connectivity index is 2.05. The van der Waals surface area contributed by atoms with Crippen molar-refractivity contribution in [3.8, 4) is 0 Å². The van der Waals surface area contributed by atoms with Crippen molar-refractivity contribution in [3.05, 3.63) is 23.8 Å². The van der Waals surface area contributed by atoms with Crippen LogP contribution in [0.5, 0.6) is 0 Å². The van der Waals surface area contributed by atoms with E-state index in [4.69, 9.17) is 5.11 Å². The second kappa shape index (κ2) is 3.58. The molecule has 0 aliphatic heterocycles. The lowest BCUT2D eigenvalue weighted by Crippen LogP contribution is -2.40. The van der Waals surface area contributed by atoms with Crippen molar-refractivity contribution in [1.29, 1.82) is 0 Å². The fourth-order valence-corrected chi connectivity index (χ4v) is 1.29. The molecular weight excluding hydrogens is 194 g/mol. The Morgan fingerprint density at radius 2 is 2.27 bits per heavy atom. The molecule has 0 atom stereocenters. The van der Waals surface area contributed by atoms with E-state index in [2.05, 4.69) is 15.3 Å². The third-order valence-electron chi connectivity index (χ3n) is 2.55. The molecule has 2 rings (SSSR count). The normalized spacial score (nSPS) is 17.2. The molecule has 1 heterocycles. The minimum atomic E-state index is -0.399. The highest BCUT2D eigenvalue weighted by molar-refractivity contribution is 5.92. The van der Waals surface area contributed by atoms with Gasteiger partial charge in [0.25, 0.3) is 5.91 Å². The second-order valence-electron chi connectivity index (χ2n) is 3.94. The van der Waals surface area contributed by atoms with E-state index >= 15 is 0 Å². The van der Waals surface area contributed by atoms with E-state index in [1.54, 1.807) is 6.20 Å². The third kappa shape index (κ3) is 2.12. The summed E-state index contributed by atoms with van der Waals surface area (Å²) in [5.41, 5.74) is 0.666. The van der Waals surface area contributed by atoms with Crippen molar-refractivity contribution in [2.45, 2.75) is 25.3 Å². The summed E-state index contributed by atoms with van der Waals surface area (Å²) >= 11 is 0. The molecule has 1 aromatic heterocycles. The fourth-order valence-electron chi connectivity index (χ4n) is 1.29. The van der Waals surface area contributed by atoms with Gasteiger partial charge in [-0.15, -0.1) is 0 Å². The Morgan fingerprint density at radius 3 is 2.73 bits per heavy atom.